The second-order valence-electron chi connectivity index (χ2n) is 4.35. The van der Waals surface area contributed by atoms with Crippen LogP contribution < -0.4 is 15.2 Å². The first-order valence-electron chi connectivity index (χ1n) is 5.52. The average molecular weight is 261 g/mol. The molecule has 1 aromatic carbocycles. The second kappa shape index (κ2) is 4.35. The van der Waals surface area contributed by atoms with Crippen molar-refractivity contribution in [2.24, 2.45) is 5.73 Å². The number of halogens is 3. The van der Waals surface area contributed by atoms with Crippen LogP contribution in [0.3, 0.4) is 0 Å². The van der Waals surface area contributed by atoms with Crippen LogP contribution in [0, 0.1) is 0 Å². The van der Waals surface area contributed by atoms with E-state index in [2.05, 4.69) is 0 Å². The number of fused-ring (bicyclic) bond motifs is 1. The fraction of sp³-hybridized carbons (Fsp3) is 0.500. The fourth-order valence-corrected chi connectivity index (χ4v) is 2.05. The third-order valence-corrected chi connectivity index (χ3v) is 2.94. The highest BCUT2D eigenvalue weighted by atomic mass is 19.4. The van der Waals surface area contributed by atoms with E-state index in [1.807, 2.05) is 6.92 Å². The Morgan fingerprint density at radius 2 is 2.11 bits per heavy atom. The number of ether oxygens (including phenoxy) is 2. The van der Waals surface area contributed by atoms with E-state index >= 15 is 0 Å². The van der Waals surface area contributed by atoms with Gasteiger partial charge in [0.1, 0.15) is 23.6 Å². The number of methoxy groups -OCH3 is 1. The van der Waals surface area contributed by atoms with E-state index in [0.717, 1.165) is 5.56 Å². The van der Waals surface area contributed by atoms with Crippen LogP contribution >= 0.6 is 0 Å². The standard InChI is InChI=1S/C12H14F3NO2/c1-6-3-7-4-10(17-2)8(5-9(7)18-6)11(16)12(13,14)15/h4-6,11H,3,16H2,1-2H3. The van der Waals surface area contributed by atoms with Crippen LogP contribution in [0.15, 0.2) is 12.1 Å². The van der Waals surface area contributed by atoms with E-state index < -0.39 is 12.2 Å². The van der Waals surface area contributed by atoms with E-state index in [1.54, 1.807) is 6.07 Å². The third kappa shape index (κ3) is 2.25. The number of hydrogen-bond donors (Lipinski definition) is 1. The minimum absolute atomic E-state index is 0.0398. The summed E-state index contributed by atoms with van der Waals surface area (Å²) in [5.74, 6) is 0.606. The number of nitrogens with two attached hydrogens (primary N) is 1. The van der Waals surface area contributed by atoms with Crippen LogP contribution in [-0.2, 0) is 6.42 Å². The Bertz CT molecular complexity index is 459. The largest absolute Gasteiger partial charge is 0.496 e. The molecule has 3 nitrogen and oxygen atoms in total. The predicted octanol–water partition coefficient (Wildman–Crippen LogP) is 2.58. The van der Waals surface area contributed by atoms with Crippen molar-refractivity contribution >= 4 is 0 Å². The van der Waals surface area contributed by atoms with E-state index in [-0.39, 0.29) is 17.4 Å². The van der Waals surface area contributed by atoms with Gasteiger partial charge in [-0.15, -0.1) is 0 Å². The summed E-state index contributed by atoms with van der Waals surface area (Å²) in [5, 5.41) is 0. The lowest BCUT2D eigenvalue weighted by Crippen LogP contribution is -2.28. The number of hydrogen-bond acceptors (Lipinski definition) is 3. The molecule has 1 aromatic rings. The molecule has 0 fully saturated rings. The molecular weight excluding hydrogens is 247 g/mol. The molecule has 2 unspecified atom stereocenters. The topological polar surface area (TPSA) is 44.5 Å². The van der Waals surface area contributed by atoms with Crippen LogP contribution in [0.4, 0.5) is 13.2 Å². The zero-order valence-electron chi connectivity index (χ0n) is 10.0. The van der Waals surface area contributed by atoms with Crippen LogP contribution in [0.1, 0.15) is 24.1 Å². The summed E-state index contributed by atoms with van der Waals surface area (Å²) in [6.45, 7) is 1.86. The van der Waals surface area contributed by atoms with Gasteiger partial charge in [0.2, 0.25) is 0 Å². The fourth-order valence-electron chi connectivity index (χ4n) is 2.05. The Labute approximate surface area is 103 Å². The average Bonchev–Trinajstić information content (AvgIpc) is 2.64. The predicted molar refractivity (Wildman–Crippen MR) is 59.8 cm³/mol. The van der Waals surface area contributed by atoms with E-state index in [1.165, 1.54) is 13.2 Å². The summed E-state index contributed by atoms with van der Waals surface area (Å²) >= 11 is 0. The van der Waals surface area contributed by atoms with Crippen molar-refractivity contribution in [3.05, 3.63) is 23.3 Å². The highest BCUT2D eigenvalue weighted by Gasteiger charge is 2.40. The molecule has 0 radical (unpaired) electrons. The lowest BCUT2D eigenvalue weighted by molar-refractivity contribution is -0.149. The van der Waals surface area contributed by atoms with Crippen molar-refractivity contribution in [1.29, 1.82) is 0 Å². The lowest BCUT2D eigenvalue weighted by atomic mass is 10.0. The molecule has 1 heterocycles. The van der Waals surface area contributed by atoms with Gasteiger partial charge in [-0.3, -0.25) is 0 Å². The van der Waals surface area contributed by atoms with Gasteiger partial charge >= 0.3 is 6.18 Å². The molecule has 2 rings (SSSR count). The Morgan fingerprint density at radius 1 is 1.44 bits per heavy atom. The molecule has 0 aliphatic carbocycles. The van der Waals surface area contributed by atoms with Gasteiger partial charge < -0.3 is 15.2 Å². The third-order valence-electron chi connectivity index (χ3n) is 2.94. The Morgan fingerprint density at radius 3 is 2.67 bits per heavy atom. The van der Waals surface area contributed by atoms with Crippen LogP contribution in [0.5, 0.6) is 11.5 Å². The molecule has 0 aromatic heterocycles. The highest BCUT2D eigenvalue weighted by molar-refractivity contribution is 5.50. The smallest absolute Gasteiger partial charge is 0.407 e. The molecule has 1 aliphatic heterocycles. The Kier molecular flexibility index (Phi) is 3.14. The van der Waals surface area contributed by atoms with Crippen molar-refractivity contribution in [3.63, 3.8) is 0 Å². The maximum atomic E-state index is 12.7. The molecule has 0 spiro atoms. The number of alkyl halides is 3. The molecule has 100 valence electrons. The van der Waals surface area contributed by atoms with Crippen molar-refractivity contribution in [3.8, 4) is 11.5 Å². The molecule has 0 saturated heterocycles. The summed E-state index contributed by atoms with van der Waals surface area (Å²) in [5.41, 5.74) is 5.96. The molecule has 2 atom stereocenters. The monoisotopic (exact) mass is 261 g/mol. The molecule has 0 amide bonds. The van der Waals surface area contributed by atoms with Crippen molar-refractivity contribution in [1.82, 2.24) is 0 Å². The Hall–Kier alpha value is -1.43. The van der Waals surface area contributed by atoms with Gasteiger partial charge in [0.25, 0.3) is 0 Å². The van der Waals surface area contributed by atoms with Crippen molar-refractivity contribution in [2.45, 2.75) is 31.7 Å². The van der Waals surface area contributed by atoms with Gasteiger partial charge in [0, 0.05) is 17.5 Å². The Balaban J connectivity index is 2.45. The maximum Gasteiger partial charge on any atom is 0.407 e. The molecule has 1 aliphatic rings. The molecule has 6 heteroatoms. The van der Waals surface area contributed by atoms with Gasteiger partial charge in [0.15, 0.2) is 0 Å². The first kappa shape index (κ1) is 13.0. The molecular formula is C12H14F3NO2. The second-order valence-corrected chi connectivity index (χ2v) is 4.35. The summed E-state index contributed by atoms with van der Waals surface area (Å²) in [4.78, 5) is 0. The first-order valence-corrected chi connectivity index (χ1v) is 5.52. The van der Waals surface area contributed by atoms with E-state index in [9.17, 15) is 13.2 Å². The summed E-state index contributed by atoms with van der Waals surface area (Å²) in [7, 11) is 1.33. The van der Waals surface area contributed by atoms with Crippen molar-refractivity contribution in [2.75, 3.05) is 7.11 Å². The van der Waals surface area contributed by atoms with Gasteiger partial charge in [-0.2, -0.15) is 13.2 Å². The number of rotatable bonds is 2. The minimum Gasteiger partial charge on any atom is -0.496 e. The van der Waals surface area contributed by atoms with Gasteiger partial charge in [-0.1, -0.05) is 0 Å². The maximum absolute atomic E-state index is 12.7. The normalized spacial score (nSPS) is 20.2. The minimum atomic E-state index is -4.51. The molecule has 0 bridgehead atoms. The van der Waals surface area contributed by atoms with E-state index in [0.29, 0.717) is 12.2 Å². The van der Waals surface area contributed by atoms with Gasteiger partial charge in [-0.05, 0) is 19.1 Å². The first-order chi connectivity index (χ1) is 8.32. The zero-order chi connectivity index (χ0) is 13.5. The zero-order valence-corrected chi connectivity index (χ0v) is 10.0. The van der Waals surface area contributed by atoms with Gasteiger partial charge in [0.05, 0.1) is 7.11 Å². The van der Waals surface area contributed by atoms with E-state index in [4.69, 9.17) is 15.2 Å². The SMILES string of the molecule is COc1cc2c(cc1C(N)C(F)(F)F)OC(C)C2. The van der Waals surface area contributed by atoms with Gasteiger partial charge in [-0.25, -0.2) is 0 Å². The highest BCUT2D eigenvalue weighted by Crippen LogP contribution is 2.41. The summed E-state index contributed by atoms with van der Waals surface area (Å²) < 4.78 is 48.4. The number of benzene rings is 1. The van der Waals surface area contributed by atoms with Crippen LogP contribution in [0.2, 0.25) is 0 Å². The van der Waals surface area contributed by atoms with Crippen molar-refractivity contribution < 1.29 is 22.6 Å². The quantitative estimate of drug-likeness (QED) is 0.889. The van der Waals surface area contributed by atoms with Crippen LogP contribution in [0.25, 0.3) is 0 Å². The summed E-state index contributed by atoms with van der Waals surface area (Å²) in [6.07, 6.45) is -3.89. The lowest BCUT2D eigenvalue weighted by Gasteiger charge is -2.19. The molecule has 18 heavy (non-hydrogen) atoms. The molecule has 0 saturated carbocycles. The van der Waals surface area contributed by atoms with Crippen LogP contribution in [-0.4, -0.2) is 19.4 Å². The molecule has 2 N–H and O–H groups in total. The summed E-state index contributed by atoms with van der Waals surface area (Å²) in [6, 6.07) is 0.826.